The largest absolute Gasteiger partial charge is 0.321 e. The van der Waals surface area contributed by atoms with E-state index in [0.29, 0.717) is 4.47 Å². The Morgan fingerprint density at radius 2 is 1.94 bits per heavy atom. The Labute approximate surface area is 110 Å². The van der Waals surface area contributed by atoms with Crippen molar-refractivity contribution >= 4 is 27.5 Å². The van der Waals surface area contributed by atoms with E-state index < -0.39 is 17.5 Å². The summed E-state index contributed by atoms with van der Waals surface area (Å²) in [7, 11) is 0. The molecule has 0 saturated heterocycles. The van der Waals surface area contributed by atoms with Gasteiger partial charge in [0.05, 0.1) is 17.4 Å². The van der Waals surface area contributed by atoms with Crippen molar-refractivity contribution in [2.24, 2.45) is 0 Å². The van der Waals surface area contributed by atoms with Crippen LogP contribution in [0.2, 0.25) is 0 Å². The lowest BCUT2D eigenvalue weighted by Gasteiger charge is -2.07. The molecule has 1 amide bonds. The van der Waals surface area contributed by atoms with Crippen molar-refractivity contribution in [1.82, 2.24) is 4.98 Å². The predicted octanol–water partition coefficient (Wildman–Crippen LogP) is 3.37. The van der Waals surface area contributed by atoms with Crippen LogP contribution in [0.4, 0.5) is 14.5 Å². The van der Waals surface area contributed by atoms with Crippen LogP contribution in [-0.4, -0.2) is 10.9 Å². The maximum Gasteiger partial charge on any atom is 0.257 e. The number of benzene rings is 1. The predicted molar refractivity (Wildman–Crippen MR) is 66.2 cm³/mol. The standard InChI is InChI=1S/C12H7BrF2N2O/c13-10-2-1-8(14)4-11(10)17-12(18)7-3-9(15)6-16-5-7/h1-6H,(H,17,18). The molecule has 0 aliphatic heterocycles. The van der Waals surface area contributed by atoms with Gasteiger partial charge in [0.2, 0.25) is 0 Å². The van der Waals surface area contributed by atoms with Gasteiger partial charge in [-0.2, -0.15) is 0 Å². The van der Waals surface area contributed by atoms with Crippen molar-refractivity contribution in [3.8, 4) is 0 Å². The minimum Gasteiger partial charge on any atom is -0.321 e. The summed E-state index contributed by atoms with van der Waals surface area (Å²) in [5.74, 6) is -1.65. The molecular weight excluding hydrogens is 306 g/mol. The van der Waals surface area contributed by atoms with Crippen LogP contribution in [0.1, 0.15) is 10.4 Å². The number of rotatable bonds is 2. The van der Waals surface area contributed by atoms with Crippen LogP contribution in [0.5, 0.6) is 0 Å². The number of nitrogens with zero attached hydrogens (tertiary/aromatic N) is 1. The van der Waals surface area contributed by atoms with Crippen LogP contribution in [0, 0.1) is 11.6 Å². The summed E-state index contributed by atoms with van der Waals surface area (Å²) in [5.41, 5.74) is 0.329. The fourth-order valence-corrected chi connectivity index (χ4v) is 1.67. The van der Waals surface area contributed by atoms with Crippen molar-refractivity contribution in [2.45, 2.75) is 0 Å². The highest BCUT2D eigenvalue weighted by atomic mass is 79.9. The Morgan fingerprint density at radius 1 is 1.17 bits per heavy atom. The third kappa shape index (κ3) is 2.89. The summed E-state index contributed by atoms with van der Waals surface area (Å²) < 4.78 is 26.4. The van der Waals surface area contributed by atoms with Gasteiger partial charge < -0.3 is 5.32 Å². The first kappa shape index (κ1) is 12.6. The summed E-state index contributed by atoms with van der Waals surface area (Å²) in [6, 6.07) is 4.93. The summed E-state index contributed by atoms with van der Waals surface area (Å²) in [4.78, 5) is 15.3. The Balaban J connectivity index is 2.24. The van der Waals surface area contributed by atoms with E-state index in [1.165, 1.54) is 18.3 Å². The maximum absolute atomic E-state index is 13.0. The molecule has 1 aromatic carbocycles. The Bertz CT molecular complexity index is 604. The smallest absolute Gasteiger partial charge is 0.257 e. The average Bonchev–Trinajstić information content (AvgIpc) is 2.34. The van der Waals surface area contributed by atoms with E-state index in [0.717, 1.165) is 18.3 Å². The number of halogens is 3. The Hall–Kier alpha value is -1.82. The van der Waals surface area contributed by atoms with E-state index in [-0.39, 0.29) is 11.3 Å². The molecule has 1 heterocycles. The molecule has 0 radical (unpaired) electrons. The summed E-state index contributed by atoms with van der Waals surface area (Å²) in [6.07, 6.45) is 2.22. The number of pyridine rings is 1. The zero-order valence-electron chi connectivity index (χ0n) is 8.95. The molecule has 1 aromatic heterocycles. The second-order valence-corrected chi connectivity index (χ2v) is 4.32. The lowest BCUT2D eigenvalue weighted by atomic mass is 10.2. The van der Waals surface area contributed by atoms with Crippen LogP contribution in [-0.2, 0) is 0 Å². The first-order chi connectivity index (χ1) is 8.56. The van der Waals surface area contributed by atoms with E-state index in [1.54, 1.807) is 0 Å². The summed E-state index contributed by atoms with van der Waals surface area (Å²) in [5, 5.41) is 2.46. The second-order valence-electron chi connectivity index (χ2n) is 3.47. The third-order valence-corrected chi connectivity index (χ3v) is 2.84. The molecule has 18 heavy (non-hydrogen) atoms. The van der Waals surface area contributed by atoms with E-state index in [1.807, 2.05) is 0 Å². The van der Waals surface area contributed by atoms with Crippen LogP contribution < -0.4 is 5.32 Å². The molecule has 0 atom stereocenters. The van der Waals surface area contributed by atoms with E-state index in [4.69, 9.17) is 0 Å². The Kier molecular flexibility index (Phi) is 3.66. The second kappa shape index (κ2) is 5.22. The van der Waals surface area contributed by atoms with Crippen molar-refractivity contribution in [3.63, 3.8) is 0 Å². The van der Waals surface area contributed by atoms with Crippen molar-refractivity contribution in [1.29, 1.82) is 0 Å². The number of amides is 1. The summed E-state index contributed by atoms with van der Waals surface area (Å²) in [6.45, 7) is 0. The zero-order valence-corrected chi connectivity index (χ0v) is 10.5. The van der Waals surface area contributed by atoms with Crippen LogP contribution in [0.3, 0.4) is 0 Å². The van der Waals surface area contributed by atoms with Gasteiger partial charge in [0.1, 0.15) is 11.6 Å². The van der Waals surface area contributed by atoms with Crippen LogP contribution >= 0.6 is 15.9 Å². The molecule has 2 rings (SSSR count). The molecule has 3 nitrogen and oxygen atoms in total. The number of carbonyl (C=O) groups is 1. The third-order valence-electron chi connectivity index (χ3n) is 2.14. The van der Waals surface area contributed by atoms with Gasteiger partial charge in [-0.15, -0.1) is 0 Å². The molecule has 6 heteroatoms. The monoisotopic (exact) mass is 312 g/mol. The van der Waals surface area contributed by atoms with Crippen molar-refractivity contribution in [3.05, 3.63) is 58.3 Å². The number of hydrogen-bond donors (Lipinski definition) is 1. The van der Waals surface area contributed by atoms with Gasteiger partial charge >= 0.3 is 0 Å². The van der Waals surface area contributed by atoms with E-state index in [9.17, 15) is 13.6 Å². The molecule has 0 aliphatic carbocycles. The molecule has 0 fully saturated rings. The average molecular weight is 313 g/mol. The van der Waals surface area contributed by atoms with Gasteiger partial charge in [-0.1, -0.05) is 0 Å². The van der Waals surface area contributed by atoms with Crippen LogP contribution in [0.15, 0.2) is 41.1 Å². The highest BCUT2D eigenvalue weighted by molar-refractivity contribution is 9.10. The highest BCUT2D eigenvalue weighted by Gasteiger charge is 2.10. The van der Waals surface area contributed by atoms with Gasteiger partial charge in [0.15, 0.2) is 0 Å². The molecule has 2 aromatic rings. The first-order valence-corrected chi connectivity index (χ1v) is 5.72. The molecule has 1 N–H and O–H groups in total. The normalized spacial score (nSPS) is 10.2. The molecule has 0 aliphatic rings. The van der Waals surface area contributed by atoms with Crippen LogP contribution in [0.25, 0.3) is 0 Å². The molecule has 0 bridgehead atoms. The number of aromatic nitrogens is 1. The minimum absolute atomic E-state index is 0.0613. The lowest BCUT2D eigenvalue weighted by Crippen LogP contribution is -2.13. The zero-order chi connectivity index (χ0) is 13.1. The first-order valence-electron chi connectivity index (χ1n) is 4.93. The van der Waals surface area contributed by atoms with Crippen molar-refractivity contribution in [2.75, 3.05) is 5.32 Å². The van der Waals surface area contributed by atoms with Gasteiger partial charge in [-0.25, -0.2) is 8.78 Å². The van der Waals surface area contributed by atoms with Gasteiger partial charge in [-0.05, 0) is 40.2 Å². The van der Waals surface area contributed by atoms with Gasteiger partial charge in [0.25, 0.3) is 5.91 Å². The number of anilines is 1. The van der Waals surface area contributed by atoms with Gasteiger partial charge in [-0.3, -0.25) is 9.78 Å². The number of nitrogens with one attached hydrogen (secondary N) is 1. The fourth-order valence-electron chi connectivity index (χ4n) is 1.32. The number of hydrogen-bond acceptors (Lipinski definition) is 2. The van der Waals surface area contributed by atoms with E-state index in [2.05, 4.69) is 26.2 Å². The topological polar surface area (TPSA) is 42.0 Å². The molecule has 0 spiro atoms. The highest BCUT2D eigenvalue weighted by Crippen LogP contribution is 2.23. The molecule has 92 valence electrons. The molecule has 0 unspecified atom stereocenters. The fraction of sp³-hybridized carbons (Fsp3) is 0. The molecule has 0 saturated carbocycles. The Morgan fingerprint density at radius 3 is 2.67 bits per heavy atom. The lowest BCUT2D eigenvalue weighted by molar-refractivity contribution is 0.102. The minimum atomic E-state index is -0.610. The van der Waals surface area contributed by atoms with Crippen molar-refractivity contribution < 1.29 is 13.6 Å². The quantitative estimate of drug-likeness (QED) is 0.923. The van der Waals surface area contributed by atoms with E-state index >= 15 is 0 Å². The maximum atomic E-state index is 13.0. The SMILES string of the molecule is O=C(Nc1cc(F)ccc1Br)c1cncc(F)c1. The molecular formula is C12H7BrF2N2O. The summed E-state index contributed by atoms with van der Waals surface area (Å²) >= 11 is 3.17. The number of carbonyl (C=O) groups excluding carboxylic acids is 1. The van der Waals surface area contributed by atoms with Gasteiger partial charge in [0, 0.05) is 10.7 Å².